The Balaban J connectivity index is 2.64. The number of carbonyl (C=O) groups excluding carboxylic acids is 2. The second kappa shape index (κ2) is 7.18. The molecule has 0 aliphatic rings. The van der Waals surface area contributed by atoms with Crippen LogP contribution in [0.3, 0.4) is 0 Å². The molecule has 0 saturated carbocycles. The number of carbonyl (C=O) groups is 2. The van der Waals surface area contributed by atoms with E-state index in [2.05, 4.69) is 23.0 Å². The Kier molecular flexibility index (Phi) is 5.88. The molecule has 1 aromatic heterocycles. The molecule has 1 unspecified atom stereocenters. The van der Waals surface area contributed by atoms with Crippen molar-refractivity contribution in [2.24, 2.45) is 0 Å². The molecule has 6 nitrogen and oxygen atoms in total. The first-order chi connectivity index (χ1) is 8.99. The van der Waals surface area contributed by atoms with Crippen LogP contribution in [0.4, 0.5) is 0 Å². The Morgan fingerprint density at radius 3 is 2.74 bits per heavy atom. The van der Waals surface area contributed by atoms with Crippen molar-refractivity contribution >= 4 is 24.5 Å². The van der Waals surface area contributed by atoms with Crippen LogP contribution in [0, 0.1) is 6.92 Å². The summed E-state index contributed by atoms with van der Waals surface area (Å²) in [5.74, 6) is -0.583. The van der Waals surface area contributed by atoms with Crippen LogP contribution in [0.1, 0.15) is 25.6 Å². The fourth-order valence-corrected chi connectivity index (χ4v) is 1.72. The number of amides is 1. The van der Waals surface area contributed by atoms with E-state index in [0.717, 1.165) is 5.69 Å². The quantitative estimate of drug-likeness (QED) is 0.597. The molecule has 1 N–H and O–H groups in total. The predicted molar refractivity (Wildman–Crippen MR) is 74.1 cm³/mol. The number of aromatic nitrogens is 2. The molecule has 0 bridgehead atoms. The van der Waals surface area contributed by atoms with Gasteiger partial charge in [0, 0.05) is 11.9 Å². The van der Waals surface area contributed by atoms with E-state index in [1.54, 1.807) is 24.7 Å². The van der Waals surface area contributed by atoms with Crippen LogP contribution in [0.15, 0.2) is 12.3 Å². The minimum absolute atomic E-state index is 0.190. The first-order valence-corrected chi connectivity index (χ1v) is 6.72. The van der Waals surface area contributed by atoms with E-state index in [1.165, 1.54) is 0 Å². The molecule has 1 rings (SSSR count). The van der Waals surface area contributed by atoms with E-state index >= 15 is 0 Å². The molecule has 7 heteroatoms. The number of nitrogens with one attached hydrogen (secondary N) is 1. The fraction of sp³-hybridized carbons (Fsp3) is 0.583. The van der Waals surface area contributed by atoms with Crippen molar-refractivity contribution in [1.82, 2.24) is 15.1 Å². The SMILES string of the molecule is CCOC(=O)[C@H](CS)NC(=O)C(C)n1ccc(C)n1. The molecular weight excluding hydrogens is 266 g/mol. The Bertz CT molecular complexity index is 447. The number of rotatable bonds is 6. The lowest BCUT2D eigenvalue weighted by Gasteiger charge is -2.18. The van der Waals surface area contributed by atoms with Gasteiger partial charge in [-0.25, -0.2) is 4.79 Å². The zero-order valence-electron chi connectivity index (χ0n) is 11.3. The van der Waals surface area contributed by atoms with Crippen LogP contribution in [0.25, 0.3) is 0 Å². The largest absolute Gasteiger partial charge is 0.464 e. The summed E-state index contributed by atoms with van der Waals surface area (Å²) >= 11 is 4.04. The highest BCUT2D eigenvalue weighted by molar-refractivity contribution is 7.80. The second-order valence-corrected chi connectivity index (χ2v) is 4.47. The number of hydrogen-bond acceptors (Lipinski definition) is 5. The normalized spacial score (nSPS) is 13.7. The average molecular weight is 285 g/mol. The lowest BCUT2D eigenvalue weighted by Crippen LogP contribution is -2.45. The molecule has 0 radical (unpaired) electrons. The van der Waals surface area contributed by atoms with Crippen LogP contribution in [-0.2, 0) is 14.3 Å². The second-order valence-electron chi connectivity index (χ2n) is 4.11. The van der Waals surface area contributed by atoms with Gasteiger partial charge in [0.25, 0.3) is 0 Å². The van der Waals surface area contributed by atoms with Gasteiger partial charge in [0.2, 0.25) is 5.91 Å². The third-order valence-electron chi connectivity index (χ3n) is 2.59. The Morgan fingerprint density at radius 1 is 1.58 bits per heavy atom. The minimum atomic E-state index is -0.741. The van der Waals surface area contributed by atoms with E-state index in [4.69, 9.17) is 4.74 Å². The number of esters is 1. The molecule has 1 amide bonds. The minimum Gasteiger partial charge on any atom is -0.464 e. The Morgan fingerprint density at radius 2 is 2.26 bits per heavy atom. The van der Waals surface area contributed by atoms with Crippen LogP contribution in [0.2, 0.25) is 0 Å². The van der Waals surface area contributed by atoms with Crippen LogP contribution < -0.4 is 5.32 Å². The number of ether oxygens (including phenoxy) is 1. The van der Waals surface area contributed by atoms with Crippen molar-refractivity contribution in [3.63, 3.8) is 0 Å². The standard InChI is InChI=1S/C12H19N3O3S/c1-4-18-12(17)10(7-19)13-11(16)9(3)15-6-5-8(2)14-15/h5-6,9-10,19H,4,7H2,1-3H3,(H,13,16)/t9?,10-/m0/s1. The Hall–Kier alpha value is -1.50. The van der Waals surface area contributed by atoms with Crippen LogP contribution in [-0.4, -0.2) is 40.1 Å². The van der Waals surface area contributed by atoms with Crippen molar-refractivity contribution in [2.75, 3.05) is 12.4 Å². The summed E-state index contributed by atoms with van der Waals surface area (Å²) in [6.45, 7) is 5.54. The highest BCUT2D eigenvalue weighted by Gasteiger charge is 2.24. The maximum absolute atomic E-state index is 12.0. The van der Waals surface area contributed by atoms with Crippen molar-refractivity contribution in [3.8, 4) is 0 Å². The van der Waals surface area contributed by atoms with Crippen LogP contribution in [0.5, 0.6) is 0 Å². The molecule has 1 aromatic rings. The van der Waals surface area contributed by atoms with Gasteiger partial charge < -0.3 is 10.1 Å². The third kappa shape index (κ3) is 4.27. The van der Waals surface area contributed by atoms with Gasteiger partial charge >= 0.3 is 5.97 Å². The summed E-state index contributed by atoms with van der Waals surface area (Å²) in [6, 6.07) is 0.575. The van der Waals surface area contributed by atoms with E-state index < -0.39 is 18.1 Å². The molecule has 0 aromatic carbocycles. The molecule has 106 valence electrons. The lowest BCUT2D eigenvalue weighted by atomic mass is 10.2. The molecule has 0 aliphatic heterocycles. The van der Waals surface area contributed by atoms with Gasteiger partial charge in [-0.3, -0.25) is 9.48 Å². The van der Waals surface area contributed by atoms with E-state index in [9.17, 15) is 9.59 Å². The Labute approximate surface area is 117 Å². The van der Waals surface area contributed by atoms with Crippen molar-refractivity contribution in [2.45, 2.75) is 32.9 Å². The predicted octanol–water partition coefficient (Wildman–Crippen LogP) is 0.730. The molecule has 0 spiro atoms. The van der Waals surface area contributed by atoms with Crippen LogP contribution >= 0.6 is 12.6 Å². The van der Waals surface area contributed by atoms with Gasteiger partial charge in [-0.05, 0) is 26.8 Å². The zero-order chi connectivity index (χ0) is 14.4. The van der Waals surface area contributed by atoms with Gasteiger partial charge in [0.05, 0.1) is 12.3 Å². The highest BCUT2D eigenvalue weighted by atomic mass is 32.1. The zero-order valence-corrected chi connectivity index (χ0v) is 12.2. The first-order valence-electron chi connectivity index (χ1n) is 6.09. The van der Waals surface area contributed by atoms with E-state index in [-0.39, 0.29) is 18.3 Å². The summed E-state index contributed by atoms with van der Waals surface area (Å²) < 4.78 is 6.41. The number of hydrogen-bond donors (Lipinski definition) is 2. The van der Waals surface area contributed by atoms with Crippen molar-refractivity contribution in [3.05, 3.63) is 18.0 Å². The molecule has 0 aliphatic carbocycles. The molecular formula is C12H19N3O3S. The van der Waals surface area contributed by atoms with Gasteiger partial charge in [-0.15, -0.1) is 0 Å². The van der Waals surface area contributed by atoms with E-state index in [0.29, 0.717) is 0 Å². The summed E-state index contributed by atoms with van der Waals surface area (Å²) in [7, 11) is 0. The van der Waals surface area contributed by atoms with Gasteiger partial charge in [0.1, 0.15) is 12.1 Å². The summed E-state index contributed by atoms with van der Waals surface area (Å²) in [5.41, 5.74) is 0.829. The van der Waals surface area contributed by atoms with Gasteiger partial charge in [0.15, 0.2) is 0 Å². The maximum Gasteiger partial charge on any atom is 0.329 e. The average Bonchev–Trinajstić information content (AvgIpc) is 2.81. The van der Waals surface area contributed by atoms with Crippen molar-refractivity contribution < 1.29 is 14.3 Å². The number of thiol groups is 1. The number of nitrogens with zero attached hydrogens (tertiary/aromatic N) is 2. The smallest absolute Gasteiger partial charge is 0.329 e. The third-order valence-corrected chi connectivity index (χ3v) is 2.95. The van der Waals surface area contributed by atoms with E-state index in [1.807, 2.05) is 13.0 Å². The van der Waals surface area contributed by atoms with Gasteiger partial charge in [-0.2, -0.15) is 17.7 Å². The summed E-state index contributed by atoms with van der Waals surface area (Å²) in [6.07, 6.45) is 1.72. The summed E-state index contributed by atoms with van der Waals surface area (Å²) in [4.78, 5) is 23.6. The first kappa shape index (κ1) is 15.6. The monoisotopic (exact) mass is 285 g/mol. The fourth-order valence-electron chi connectivity index (χ4n) is 1.48. The topological polar surface area (TPSA) is 73.2 Å². The molecule has 19 heavy (non-hydrogen) atoms. The van der Waals surface area contributed by atoms with Gasteiger partial charge in [-0.1, -0.05) is 0 Å². The maximum atomic E-state index is 12.0. The molecule has 1 heterocycles. The number of aryl methyl sites for hydroxylation is 1. The highest BCUT2D eigenvalue weighted by Crippen LogP contribution is 2.06. The molecule has 0 fully saturated rings. The molecule has 0 saturated heterocycles. The summed E-state index contributed by atoms with van der Waals surface area (Å²) in [5, 5.41) is 6.77. The lowest BCUT2D eigenvalue weighted by molar-refractivity contribution is -0.147. The van der Waals surface area contributed by atoms with Crippen molar-refractivity contribution in [1.29, 1.82) is 0 Å². The molecule has 2 atom stereocenters.